The van der Waals surface area contributed by atoms with Crippen LogP contribution in [0.1, 0.15) is 23.8 Å². The Morgan fingerprint density at radius 2 is 2.09 bits per heavy atom. The van der Waals surface area contributed by atoms with Crippen molar-refractivity contribution in [2.75, 3.05) is 7.05 Å². The summed E-state index contributed by atoms with van der Waals surface area (Å²) in [6, 6.07) is 11.7. The van der Waals surface area contributed by atoms with Crippen molar-refractivity contribution >= 4 is 17.2 Å². The summed E-state index contributed by atoms with van der Waals surface area (Å²) in [7, 11) is 1.70. The molecule has 2 atom stereocenters. The van der Waals surface area contributed by atoms with Gasteiger partial charge in [0.05, 0.1) is 17.2 Å². The molecule has 2 heterocycles. The number of hydrogen-bond acceptors (Lipinski definition) is 5. The van der Waals surface area contributed by atoms with Crippen LogP contribution in [0.4, 0.5) is 0 Å². The number of carbonyl (C=O) groups is 1. The third-order valence-corrected chi connectivity index (χ3v) is 5.47. The molecule has 1 unspecified atom stereocenters. The van der Waals surface area contributed by atoms with Gasteiger partial charge in [0.2, 0.25) is 5.91 Å². The van der Waals surface area contributed by atoms with E-state index < -0.39 is 11.8 Å². The van der Waals surface area contributed by atoms with Crippen LogP contribution in [0, 0.1) is 11.3 Å². The Kier molecular flexibility index (Phi) is 3.94. The van der Waals surface area contributed by atoms with Crippen molar-refractivity contribution < 1.29 is 4.79 Å². The molecule has 1 aromatic heterocycles. The maximum Gasteiger partial charge on any atom is 0.226 e. The van der Waals surface area contributed by atoms with Crippen molar-refractivity contribution in [3.63, 3.8) is 0 Å². The van der Waals surface area contributed by atoms with Gasteiger partial charge in [-0.05, 0) is 41.6 Å². The van der Waals surface area contributed by atoms with E-state index in [1.54, 1.807) is 18.4 Å². The number of nitrogens with two attached hydrogens (primary N) is 1. The van der Waals surface area contributed by atoms with Crippen molar-refractivity contribution in [1.29, 1.82) is 5.26 Å². The first-order valence-electron chi connectivity index (χ1n) is 7.31. The molecular formula is C17H18N4OS. The highest BCUT2D eigenvalue weighted by atomic mass is 32.1. The molecule has 5 nitrogen and oxygen atoms in total. The number of hydrogen-bond donors (Lipinski definition) is 2. The fourth-order valence-electron chi connectivity index (χ4n) is 2.73. The number of amides is 1. The lowest BCUT2D eigenvalue weighted by molar-refractivity contribution is -0.139. The Morgan fingerprint density at radius 1 is 1.39 bits per heavy atom. The van der Waals surface area contributed by atoms with Gasteiger partial charge in [-0.3, -0.25) is 15.8 Å². The van der Waals surface area contributed by atoms with E-state index in [0.29, 0.717) is 12.0 Å². The van der Waals surface area contributed by atoms with E-state index in [9.17, 15) is 4.79 Å². The molecule has 1 aliphatic heterocycles. The standard InChI is InChI=1S/C17H18N4OS/c1-17(8-15(22)21(2)16(19)20-17)14-7-13(10-23-14)12-5-3-11(9-18)4-6-12/h3-7,10,16,20H,8,19H2,1-2H3/t16?,17-/m0/s1. The lowest BCUT2D eigenvalue weighted by Gasteiger charge is -2.42. The molecule has 3 rings (SSSR count). The molecule has 0 saturated carbocycles. The average molecular weight is 326 g/mol. The lowest BCUT2D eigenvalue weighted by atomic mass is 9.92. The summed E-state index contributed by atoms with van der Waals surface area (Å²) >= 11 is 1.61. The summed E-state index contributed by atoms with van der Waals surface area (Å²) < 4.78 is 0. The SMILES string of the molecule is CN1C(=O)C[C@@](C)(c2cc(-c3ccc(C#N)cc3)cs2)NC1N. The van der Waals surface area contributed by atoms with E-state index in [-0.39, 0.29) is 5.91 Å². The van der Waals surface area contributed by atoms with Crippen LogP contribution in [0.3, 0.4) is 0 Å². The second kappa shape index (κ2) is 5.78. The molecule has 1 fully saturated rings. The summed E-state index contributed by atoms with van der Waals surface area (Å²) in [5.74, 6) is 0.0343. The Hall–Kier alpha value is -2.20. The van der Waals surface area contributed by atoms with E-state index in [0.717, 1.165) is 16.0 Å². The largest absolute Gasteiger partial charge is 0.317 e. The molecule has 0 aliphatic carbocycles. The zero-order valence-corrected chi connectivity index (χ0v) is 13.9. The van der Waals surface area contributed by atoms with Crippen molar-refractivity contribution in [2.45, 2.75) is 25.2 Å². The van der Waals surface area contributed by atoms with Crippen molar-refractivity contribution in [2.24, 2.45) is 5.73 Å². The number of rotatable bonds is 2. The molecule has 3 N–H and O–H groups in total. The summed E-state index contributed by atoms with van der Waals surface area (Å²) in [5.41, 5.74) is 8.32. The normalized spacial score (nSPS) is 24.5. The van der Waals surface area contributed by atoms with Gasteiger partial charge in [-0.2, -0.15) is 5.26 Å². The maximum atomic E-state index is 12.1. The highest BCUT2D eigenvalue weighted by Crippen LogP contribution is 2.36. The van der Waals surface area contributed by atoms with E-state index in [2.05, 4.69) is 22.8 Å². The summed E-state index contributed by atoms with van der Waals surface area (Å²) in [6.45, 7) is 2.01. The zero-order valence-electron chi connectivity index (χ0n) is 13.0. The molecule has 0 bridgehead atoms. The van der Waals surface area contributed by atoms with Crippen LogP contribution in [0.15, 0.2) is 35.7 Å². The topological polar surface area (TPSA) is 82.2 Å². The number of benzene rings is 1. The molecule has 0 spiro atoms. The third kappa shape index (κ3) is 2.86. The van der Waals surface area contributed by atoms with Crippen molar-refractivity contribution in [3.05, 3.63) is 46.2 Å². The maximum absolute atomic E-state index is 12.1. The summed E-state index contributed by atoms with van der Waals surface area (Å²) in [4.78, 5) is 14.7. The van der Waals surface area contributed by atoms with Crippen LogP contribution in [0.2, 0.25) is 0 Å². The smallest absolute Gasteiger partial charge is 0.226 e. The molecule has 6 heteroatoms. The molecule has 1 saturated heterocycles. The summed E-state index contributed by atoms with van der Waals surface area (Å²) in [6.07, 6.45) is -0.105. The highest BCUT2D eigenvalue weighted by molar-refractivity contribution is 7.10. The first kappa shape index (κ1) is 15.7. The first-order valence-corrected chi connectivity index (χ1v) is 8.19. The minimum absolute atomic E-state index is 0.0343. The van der Waals surface area contributed by atoms with Gasteiger partial charge in [0, 0.05) is 18.3 Å². The Bertz CT molecular complexity index is 777. The molecule has 23 heavy (non-hydrogen) atoms. The van der Waals surface area contributed by atoms with Crippen LogP contribution in [0.25, 0.3) is 11.1 Å². The molecule has 1 amide bonds. The monoisotopic (exact) mass is 326 g/mol. The van der Waals surface area contributed by atoms with Gasteiger partial charge < -0.3 is 4.90 Å². The van der Waals surface area contributed by atoms with Gasteiger partial charge in [-0.15, -0.1) is 11.3 Å². The average Bonchev–Trinajstić information content (AvgIpc) is 3.03. The third-order valence-electron chi connectivity index (χ3n) is 4.27. The van der Waals surface area contributed by atoms with E-state index >= 15 is 0 Å². The molecule has 1 aliphatic rings. The number of nitrogens with one attached hydrogen (secondary N) is 1. The zero-order chi connectivity index (χ0) is 16.6. The van der Waals surface area contributed by atoms with E-state index in [4.69, 9.17) is 11.0 Å². The number of thiophene rings is 1. The first-order chi connectivity index (χ1) is 10.9. The fourth-order valence-corrected chi connectivity index (χ4v) is 3.77. The highest BCUT2D eigenvalue weighted by Gasteiger charge is 2.39. The van der Waals surface area contributed by atoms with Gasteiger partial charge in [-0.25, -0.2) is 0 Å². The van der Waals surface area contributed by atoms with Gasteiger partial charge >= 0.3 is 0 Å². The van der Waals surface area contributed by atoms with Gasteiger partial charge in [0.25, 0.3) is 0 Å². The fraction of sp³-hybridized carbons (Fsp3) is 0.294. The Balaban J connectivity index is 1.89. The van der Waals surface area contributed by atoms with Crippen LogP contribution in [-0.2, 0) is 10.3 Å². The van der Waals surface area contributed by atoms with E-state index in [1.807, 2.05) is 31.2 Å². The molecule has 0 radical (unpaired) electrons. The van der Waals surface area contributed by atoms with Crippen LogP contribution in [0.5, 0.6) is 0 Å². The van der Waals surface area contributed by atoms with Crippen LogP contribution >= 0.6 is 11.3 Å². The van der Waals surface area contributed by atoms with Gasteiger partial charge in [0.15, 0.2) is 0 Å². The second-order valence-electron chi connectivity index (χ2n) is 5.99. The van der Waals surface area contributed by atoms with Crippen molar-refractivity contribution in [3.8, 4) is 17.2 Å². The second-order valence-corrected chi connectivity index (χ2v) is 6.90. The molecular weight excluding hydrogens is 308 g/mol. The van der Waals surface area contributed by atoms with Crippen LogP contribution in [-0.4, -0.2) is 24.1 Å². The minimum atomic E-state index is -0.485. The number of nitrogens with zero attached hydrogens (tertiary/aromatic N) is 2. The van der Waals surface area contributed by atoms with E-state index in [1.165, 1.54) is 4.90 Å². The van der Waals surface area contributed by atoms with Gasteiger partial charge in [0.1, 0.15) is 6.29 Å². The van der Waals surface area contributed by atoms with Crippen molar-refractivity contribution in [1.82, 2.24) is 10.2 Å². The predicted molar refractivity (Wildman–Crippen MR) is 90.3 cm³/mol. The number of carbonyl (C=O) groups excluding carboxylic acids is 1. The van der Waals surface area contributed by atoms with Gasteiger partial charge in [-0.1, -0.05) is 12.1 Å². The minimum Gasteiger partial charge on any atom is -0.317 e. The number of nitriles is 1. The molecule has 118 valence electrons. The molecule has 1 aromatic carbocycles. The Labute approximate surface area is 139 Å². The quantitative estimate of drug-likeness (QED) is 0.886. The Morgan fingerprint density at radius 3 is 2.70 bits per heavy atom. The van der Waals surface area contributed by atoms with Crippen LogP contribution < -0.4 is 11.1 Å². The summed E-state index contributed by atoms with van der Waals surface area (Å²) in [5, 5.41) is 14.3. The lowest BCUT2D eigenvalue weighted by Crippen LogP contribution is -2.64. The predicted octanol–water partition coefficient (Wildman–Crippen LogP) is 2.20. The molecule has 2 aromatic rings.